The van der Waals surface area contributed by atoms with E-state index < -0.39 is 6.04 Å². The molecule has 2 rings (SSSR count). The number of aromatic nitrogens is 2. The SMILES string of the molecule is CCc1ccc(C(N)c2cc(C)nn(C)c2=O)cc1. The van der Waals surface area contributed by atoms with Gasteiger partial charge in [-0.05, 0) is 30.5 Å². The highest BCUT2D eigenvalue weighted by Gasteiger charge is 2.14. The molecule has 1 heterocycles. The molecule has 0 saturated carbocycles. The fourth-order valence-electron chi connectivity index (χ4n) is 2.15. The fraction of sp³-hybridized carbons (Fsp3) is 0.333. The number of hydrogen-bond donors (Lipinski definition) is 1. The lowest BCUT2D eigenvalue weighted by atomic mass is 9.99. The Labute approximate surface area is 112 Å². The van der Waals surface area contributed by atoms with Crippen LogP contribution in [0.5, 0.6) is 0 Å². The molecule has 0 fully saturated rings. The van der Waals surface area contributed by atoms with Crippen molar-refractivity contribution in [2.75, 3.05) is 0 Å². The monoisotopic (exact) mass is 257 g/mol. The van der Waals surface area contributed by atoms with Gasteiger partial charge in [0.05, 0.1) is 11.7 Å². The second kappa shape index (κ2) is 5.36. The summed E-state index contributed by atoms with van der Waals surface area (Å²) in [5, 5.41) is 4.09. The van der Waals surface area contributed by atoms with E-state index in [4.69, 9.17) is 5.73 Å². The fourth-order valence-corrected chi connectivity index (χ4v) is 2.15. The second-order valence-electron chi connectivity index (χ2n) is 4.74. The minimum Gasteiger partial charge on any atom is -0.320 e. The predicted octanol–water partition coefficient (Wildman–Crippen LogP) is 1.70. The van der Waals surface area contributed by atoms with Gasteiger partial charge in [0, 0.05) is 12.6 Å². The van der Waals surface area contributed by atoms with Gasteiger partial charge in [0.1, 0.15) is 0 Å². The Hall–Kier alpha value is -1.94. The number of aryl methyl sites for hydroxylation is 3. The van der Waals surface area contributed by atoms with Gasteiger partial charge in [0.25, 0.3) is 5.56 Å². The van der Waals surface area contributed by atoms with Gasteiger partial charge in [0.2, 0.25) is 0 Å². The van der Waals surface area contributed by atoms with Crippen LogP contribution in [-0.4, -0.2) is 9.78 Å². The van der Waals surface area contributed by atoms with Gasteiger partial charge < -0.3 is 5.73 Å². The van der Waals surface area contributed by atoms with Crippen LogP contribution in [0.3, 0.4) is 0 Å². The molecule has 2 aromatic rings. The third-order valence-corrected chi connectivity index (χ3v) is 3.30. The first kappa shape index (κ1) is 13.5. The quantitative estimate of drug-likeness (QED) is 0.910. The lowest BCUT2D eigenvalue weighted by Crippen LogP contribution is -2.29. The largest absolute Gasteiger partial charge is 0.320 e. The van der Waals surface area contributed by atoms with E-state index in [0.717, 1.165) is 17.7 Å². The van der Waals surface area contributed by atoms with Crippen LogP contribution < -0.4 is 11.3 Å². The van der Waals surface area contributed by atoms with Crippen molar-refractivity contribution in [1.29, 1.82) is 0 Å². The van der Waals surface area contributed by atoms with Crippen LogP contribution in [-0.2, 0) is 13.5 Å². The summed E-state index contributed by atoms with van der Waals surface area (Å²) < 4.78 is 1.34. The molecule has 100 valence electrons. The summed E-state index contributed by atoms with van der Waals surface area (Å²) in [4.78, 5) is 12.1. The predicted molar refractivity (Wildman–Crippen MR) is 76.1 cm³/mol. The third kappa shape index (κ3) is 2.74. The van der Waals surface area contributed by atoms with E-state index in [-0.39, 0.29) is 5.56 Å². The van der Waals surface area contributed by atoms with E-state index in [1.165, 1.54) is 10.2 Å². The molecule has 4 nitrogen and oxygen atoms in total. The first-order valence-electron chi connectivity index (χ1n) is 6.42. The molecule has 0 aliphatic heterocycles. The lowest BCUT2D eigenvalue weighted by Gasteiger charge is -2.13. The van der Waals surface area contributed by atoms with Crippen molar-refractivity contribution in [3.8, 4) is 0 Å². The molecular formula is C15H19N3O. The van der Waals surface area contributed by atoms with Gasteiger partial charge in [0.15, 0.2) is 0 Å². The number of nitrogens with zero attached hydrogens (tertiary/aromatic N) is 2. The Bertz CT molecular complexity index is 629. The van der Waals surface area contributed by atoms with E-state index in [2.05, 4.69) is 12.0 Å². The van der Waals surface area contributed by atoms with E-state index in [1.807, 2.05) is 31.2 Å². The summed E-state index contributed by atoms with van der Waals surface area (Å²) in [7, 11) is 1.64. The van der Waals surface area contributed by atoms with E-state index in [1.54, 1.807) is 13.1 Å². The first-order chi connectivity index (χ1) is 9.02. The van der Waals surface area contributed by atoms with Gasteiger partial charge >= 0.3 is 0 Å². The Balaban J connectivity index is 2.43. The van der Waals surface area contributed by atoms with E-state index >= 15 is 0 Å². The standard InChI is InChI=1S/C15H19N3O/c1-4-11-5-7-12(8-6-11)14(16)13-9-10(2)17-18(3)15(13)19/h5-9,14H,4,16H2,1-3H3. The van der Waals surface area contributed by atoms with Crippen molar-refractivity contribution in [2.24, 2.45) is 12.8 Å². The molecule has 1 atom stereocenters. The Morgan fingerprint density at radius 3 is 2.53 bits per heavy atom. The molecule has 0 bridgehead atoms. The Kier molecular flexibility index (Phi) is 3.81. The molecule has 0 aliphatic rings. The lowest BCUT2D eigenvalue weighted by molar-refractivity contribution is 0.666. The van der Waals surface area contributed by atoms with Crippen molar-refractivity contribution in [3.05, 3.63) is 63.1 Å². The number of benzene rings is 1. The zero-order valence-electron chi connectivity index (χ0n) is 11.6. The zero-order chi connectivity index (χ0) is 14.0. The van der Waals surface area contributed by atoms with Gasteiger partial charge in [-0.3, -0.25) is 4.79 Å². The molecule has 0 spiro atoms. The van der Waals surface area contributed by atoms with Crippen molar-refractivity contribution in [1.82, 2.24) is 9.78 Å². The number of nitrogens with two attached hydrogens (primary N) is 1. The van der Waals surface area contributed by atoms with Crippen LogP contribution in [0.2, 0.25) is 0 Å². The zero-order valence-corrected chi connectivity index (χ0v) is 11.6. The molecule has 0 aliphatic carbocycles. The molecule has 1 aromatic carbocycles. The van der Waals surface area contributed by atoms with Crippen molar-refractivity contribution in [3.63, 3.8) is 0 Å². The van der Waals surface area contributed by atoms with Crippen molar-refractivity contribution in [2.45, 2.75) is 26.3 Å². The van der Waals surface area contributed by atoms with Gasteiger partial charge in [-0.15, -0.1) is 0 Å². The van der Waals surface area contributed by atoms with Crippen LogP contribution in [0, 0.1) is 6.92 Å². The van der Waals surface area contributed by atoms with E-state index in [0.29, 0.717) is 5.56 Å². The minimum absolute atomic E-state index is 0.141. The molecule has 1 aromatic heterocycles. The summed E-state index contributed by atoms with van der Waals surface area (Å²) in [5.74, 6) is 0. The topological polar surface area (TPSA) is 60.9 Å². The van der Waals surface area contributed by atoms with Crippen molar-refractivity contribution >= 4 is 0 Å². The van der Waals surface area contributed by atoms with Crippen molar-refractivity contribution < 1.29 is 0 Å². The van der Waals surface area contributed by atoms with E-state index in [9.17, 15) is 4.79 Å². The maximum absolute atomic E-state index is 12.1. The number of rotatable bonds is 3. The highest BCUT2D eigenvalue weighted by Crippen LogP contribution is 2.17. The summed E-state index contributed by atoms with van der Waals surface area (Å²) >= 11 is 0. The summed E-state index contributed by atoms with van der Waals surface area (Å²) in [6, 6.07) is 9.42. The van der Waals surface area contributed by atoms with Crippen LogP contribution >= 0.6 is 0 Å². The highest BCUT2D eigenvalue weighted by atomic mass is 16.1. The van der Waals surface area contributed by atoms with Gasteiger partial charge in [-0.2, -0.15) is 5.10 Å². The molecule has 0 amide bonds. The Morgan fingerprint density at radius 1 is 1.32 bits per heavy atom. The van der Waals surface area contributed by atoms with Crippen LogP contribution in [0.1, 0.15) is 35.3 Å². The smallest absolute Gasteiger partial charge is 0.271 e. The molecule has 19 heavy (non-hydrogen) atoms. The highest BCUT2D eigenvalue weighted by molar-refractivity contribution is 5.32. The second-order valence-corrected chi connectivity index (χ2v) is 4.74. The molecule has 4 heteroatoms. The molecule has 0 saturated heterocycles. The van der Waals surface area contributed by atoms with Crippen LogP contribution in [0.25, 0.3) is 0 Å². The summed E-state index contributed by atoms with van der Waals surface area (Å²) in [6.07, 6.45) is 0.992. The van der Waals surface area contributed by atoms with Gasteiger partial charge in [-0.25, -0.2) is 4.68 Å². The average Bonchev–Trinajstić information content (AvgIpc) is 2.42. The molecule has 0 radical (unpaired) electrons. The molecular weight excluding hydrogens is 238 g/mol. The maximum atomic E-state index is 12.1. The molecule has 1 unspecified atom stereocenters. The first-order valence-corrected chi connectivity index (χ1v) is 6.42. The molecule has 2 N–H and O–H groups in total. The minimum atomic E-state index is -0.411. The summed E-state index contributed by atoms with van der Waals surface area (Å²) in [6.45, 7) is 3.97. The third-order valence-electron chi connectivity index (χ3n) is 3.30. The average molecular weight is 257 g/mol. The van der Waals surface area contributed by atoms with Crippen LogP contribution in [0.15, 0.2) is 35.1 Å². The number of hydrogen-bond acceptors (Lipinski definition) is 3. The van der Waals surface area contributed by atoms with Gasteiger partial charge in [-0.1, -0.05) is 31.2 Å². The maximum Gasteiger partial charge on any atom is 0.271 e. The Morgan fingerprint density at radius 2 is 1.95 bits per heavy atom. The summed E-state index contributed by atoms with van der Waals surface area (Å²) in [5.41, 5.74) is 9.64. The normalized spacial score (nSPS) is 12.4. The van der Waals surface area contributed by atoms with Crippen LogP contribution in [0.4, 0.5) is 0 Å².